The van der Waals surface area contributed by atoms with E-state index in [1.807, 2.05) is 0 Å². The standard InChI is InChI=1S/C20H20Cl2N2O4S/c21-15-6-7-17(18(22)14-15)19(25)23-10-8-20(9-11-23)24(12-13-28-20)29(26,27)16-4-2-1-3-5-16/h1-7,14H,8-13H2. The van der Waals surface area contributed by atoms with Gasteiger partial charge in [-0.25, -0.2) is 8.42 Å². The number of piperidine rings is 1. The molecule has 2 aliphatic heterocycles. The summed E-state index contributed by atoms with van der Waals surface area (Å²) in [7, 11) is -3.68. The molecule has 0 radical (unpaired) electrons. The molecule has 0 aromatic heterocycles. The summed E-state index contributed by atoms with van der Waals surface area (Å²) in [5, 5.41) is 0.762. The van der Waals surface area contributed by atoms with Crippen LogP contribution in [0.1, 0.15) is 23.2 Å². The van der Waals surface area contributed by atoms with Gasteiger partial charge < -0.3 is 9.64 Å². The molecule has 2 aromatic rings. The van der Waals surface area contributed by atoms with E-state index in [4.69, 9.17) is 27.9 Å². The molecule has 0 bridgehead atoms. The van der Waals surface area contributed by atoms with Gasteiger partial charge in [0.05, 0.1) is 22.1 Å². The maximum Gasteiger partial charge on any atom is 0.255 e. The van der Waals surface area contributed by atoms with Crippen molar-refractivity contribution in [3.8, 4) is 0 Å². The van der Waals surface area contributed by atoms with Crippen molar-refractivity contribution >= 4 is 39.1 Å². The third-order valence-corrected chi connectivity index (χ3v) is 7.96. The Bertz CT molecular complexity index is 1020. The minimum Gasteiger partial charge on any atom is -0.358 e. The number of sulfonamides is 1. The van der Waals surface area contributed by atoms with E-state index in [1.165, 1.54) is 10.4 Å². The van der Waals surface area contributed by atoms with E-state index < -0.39 is 15.7 Å². The van der Waals surface area contributed by atoms with Crippen molar-refractivity contribution in [3.05, 3.63) is 64.1 Å². The van der Waals surface area contributed by atoms with Crippen molar-refractivity contribution < 1.29 is 17.9 Å². The highest BCUT2D eigenvalue weighted by molar-refractivity contribution is 7.89. The van der Waals surface area contributed by atoms with E-state index in [2.05, 4.69) is 0 Å². The first-order valence-corrected chi connectivity index (χ1v) is 11.5. The lowest BCUT2D eigenvalue weighted by Gasteiger charge is -2.42. The normalized spacial score (nSPS) is 19.6. The van der Waals surface area contributed by atoms with Gasteiger partial charge in [0.1, 0.15) is 5.72 Å². The first kappa shape index (κ1) is 20.6. The summed E-state index contributed by atoms with van der Waals surface area (Å²) in [6.07, 6.45) is 0.798. The second-order valence-electron chi connectivity index (χ2n) is 7.10. The number of likely N-dealkylation sites (tertiary alicyclic amines) is 1. The number of hydrogen-bond acceptors (Lipinski definition) is 4. The Morgan fingerprint density at radius 3 is 2.34 bits per heavy atom. The van der Waals surface area contributed by atoms with Crippen molar-refractivity contribution in [3.63, 3.8) is 0 Å². The maximum absolute atomic E-state index is 13.2. The number of benzene rings is 2. The molecule has 0 atom stereocenters. The van der Waals surface area contributed by atoms with Gasteiger partial charge in [-0.3, -0.25) is 4.79 Å². The van der Waals surface area contributed by atoms with Crippen molar-refractivity contribution in [1.82, 2.24) is 9.21 Å². The van der Waals surface area contributed by atoms with Gasteiger partial charge in [-0.05, 0) is 30.3 Å². The third-order valence-electron chi connectivity index (χ3n) is 5.44. The van der Waals surface area contributed by atoms with Crippen LogP contribution >= 0.6 is 23.2 Å². The molecule has 2 aromatic carbocycles. The van der Waals surface area contributed by atoms with Gasteiger partial charge >= 0.3 is 0 Å². The van der Waals surface area contributed by atoms with Crippen LogP contribution in [0.25, 0.3) is 0 Å². The molecule has 154 valence electrons. The van der Waals surface area contributed by atoms with Crippen LogP contribution in [-0.2, 0) is 14.8 Å². The fourth-order valence-electron chi connectivity index (χ4n) is 3.94. The summed E-state index contributed by atoms with van der Waals surface area (Å²) in [6.45, 7) is 1.38. The monoisotopic (exact) mass is 454 g/mol. The van der Waals surface area contributed by atoms with Gasteiger partial charge in [0.2, 0.25) is 10.0 Å². The van der Waals surface area contributed by atoms with Crippen LogP contribution in [-0.4, -0.2) is 55.5 Å². The topological polar surface area (TPSA) is 66.9 Å². The van der Waals surface area contributed by atoms with Crippen molar-refractivity contribution in [2.24, 2.45) is 0 Å². The smallest absolute Gasteiger partial charge is 0.255 e. The number of rotatable bonds is 3. The Morgan fingerprint density at radius 1 is 1.00 bits per heavy atom. The molecule has 0 saturated carbocycles. The van der Waals surface area contributed by atoms with Crippen molar-refractivity contribution in [2.45, 2.75) is 23.5 Å². The highest BCUT2D eigenvalue weighted by atomic mass is 35.5. The first-order chi connectivity index (χ1) is 13.8. The van der Waals surface area contributed by atoms with Gasteiger partial charge in [-0.15, -0.1) is 0 Å². The number of carbonyl (C=O) groups excluding carboxylic acids is 1. The van der Waals surface area contributed by atoms with Crippen molar-refractivity contribution in [2.75, 3.05) is 26.2 Å². The van der Waals surface area contributed by atoms with E-state index in [9.17, 15) is 13.2 Å². The molecule has 9 heteroatoms. The minimum absolute atomic E-state index is 0.197. The molecule has 1 amide bonds. The number of amides is 1. The van der Waals surface area contributed by atoms with Crippen LogP contribution in [0, 0.1) is 0 Å². The second kappa shape index (κ2) is 7.89. The molecule has 0 unspecified atom stereocenters. The summed E-state index contributed by atoms with van der Waals surface area (Å²) in [6, 6.07) is 13.1. The zero-order valence-corrected chi connectivity index (χ0v) is 17.9. The molecule has 4 rings (SSSR count). The average Bonchev–Trinajstić information content (AvgIpc) is 3.12. The fourth-order valence-corrected chi connectivity index (χ4v) is 6.17. The molecule has 0 aliphatic carbocycles. The van der Waals surface area contributed by atoms with Crippen LogP contribution in [0.3, 0.4) is 0 Å². The molecule has 29 heavy (non-hydrogen) atoms. The van der Waals surface area contributed by atoms with E-state index in [-0.39, 0.29) is 10.8 Å². The van der Waals surface area contributed by atoms with Gasteiger partial charge in [0.25, 0.3) is 5.91 Å². The molecule has 0 N–H and O–H groups in total. The Morgan fingerprint density at radius 2 is 1.69 bits per heavy atom. The van der Waals surface area contributed by atoms with E-state index in [0.717, 1.165) is 0 Å². The predicted octanol–water partition coefficient (Wildman–Crippen LogP) is 3.65. The Balaban J connectivity index is 1.52. The fraction of sp³-hybridized carbons (Fsp3) is 0.350. The summed E-state index contributed by atoms with van der Waals surface area (Å²) in [5.41, 5.74) is -0.539. The Kier molecular flexibility index (Phi) is 5.61. The highest BCUT2D eigenvalue weighted by Crippen LogP contribution is 2.38. The van der Waals surface area contributed by atoms with Crippen LogP contribution in [0.5, 0.6) is 0 Å². The van der Waals surface area contributed by atoms with Crippen LogP contribution in [0.15, 0.2) is 53.4 Å². The quantitative estimate of drug-likeness (QED) is 0.709. The van der Waals surface area contributed by atoms with Crippen molar-refractivity contribution in [1.29, 1.82) is 0 Å². The largest absolute Gasteiger partial charge is 0.358 e. The summed E-state index contributed by atoms with van der Waals surface area (Å²) in [4.78, 5) is 14.8. The van der Waals surface area contributed by atoms with E-state index in [0.29, 0.717) is 54.7 Å². The third kappa shape index (κ3) is 3.78. The maximum atomic E-state index is 13.2. The number of halogens is 2. The van der Waals surface area contributed by atoms with Crippen LogP contribution in [0.4, 0.5) is 0 Å². The molecular weight excluding hydrogens is 435 g/mol. The molecular formula is C20H20Cl2N2O4S. The van der Waals surface area contributed by atoms with Gasteiger partial charge in [-0.2, -0.15) is 4.31 Å². The lowest BCUT2D eigenvalue weighted by molar-refractivity contribution is -0.0857. The minimum atomic E-state index is -3.68. The average molecular weight is 455 g/mol. The number of hydrogen-bond donors (Lipinski definition) is 0. The molecule has 2 aliphatic rings. The van der Waals surface area contributed by atoms with Gasteiger partial charge in [0, 0.05) is 37.5 Å². The lowest BCUT2D eigenvalue weighted by Crippen LogP contribution is -2.55. The number of ether oxygens (including phenoxy) is 1. The Hall–Kier alpha value is -1.64. The first-order valence-electron chi connectivity index (χ1n) is 9.30. The molecule has 2 heterocycles. The SMILES string of the molecule is O=C(c1ccc(Cl)cc1Cl)N1CCC2(CC1)OCCN2S(=O)(=O)c1ccccc1. The second-order valence-corrected chi connectivity index (χ2v) is 9.81. The van der Waals surface area contributed by atoms with Crippen LogP contribution in [0.2, 0.25) is 10.0 Å². The summed E-state index contributed by atoms with van der Waals surface area (Å²) >= 11 is 12.1. The molecule has 6 nitrogen and oxygen atoms in total. The number of nitrogens with zero attached hydrogens (tertiary/aromatic N) is 2. The molecule has 1 spiro atoms. The zero-order chi connectivity index (χ0) is 20.6. The summed E-state index contributed by atoms with van der Waals surface area (Å²) < 4.78 is 33.7. The highest BCUT2D eigenvalue weighted by Gasteiger charge is 2.51. The van der Waals surface area contributed by atoms with Gasteiger partial charge in [0.15, 0.2) is 0 Å². The van der Waals surface area contributed by atoms with Gasteiger partial charge in [-0.1, -0.05) is 41.4 Å². The zero-order valence-electron chi connectivity index (χ0n) is 15.6. The Labute approximate surface area is 180 Å². The number of carbonyl (C=O) groups is 1. The van der Waals surface area contributed by atoms with E-state index in [1.54, 1.807) is 47.4 Å². The summed E-state index contributed by atoms with van der Waals surface area (Å²) in [5.74, 6) is -0.197. The predicted molar refractivity (Wildman–Crippen MR) is 111 cm³/mol. The van der Waals surface area contributed by atoms with E-state index >= 15 is 0 Å². The lowest BCUT2D eigenvalue weighted by atomic mass is 10.00. The molecule has 2 fully saturated rings. The molecule has 2 saturated heterocycles. The van der Waals surface area contributed by atoms with Crippen LogP contribution < -0.4 is 0 Å².